The molecule has 2 nitrogen and oxygen atoms in total. The fourth-order valence-electron chi connectivity index (χ4n) is 2.01. The minimum absolute atomic E-state index is 0.547. The molecule has 1 rings (SSSR count). The second-order valence-electron chi connectivity index (χ2n) is 4.25. The lowest BCUT2D eigenvalue weighted by atomic mass is 10.1. The predicted octanol–water partition coefficient (Wildman–Crippen LogP) is 3.91. The Balaban J connectivity index is 2.97. The topological polar surface area (TPSA) is 21.3 Å². The van der Waals surface area contributed by atoms with Crippen LogP contribution < -0.4 is 10.1 Å². The SMILES string of the molecule is CCC(CC)Nc1ccc(C)c(OC)c1C. The van der Waals surface area contributed by atoms with E-state index in [9.17, 15) is 0 Å². The summed E-state index contributed by atoms with van der Waals surface area (Å²) >= 11 is 0. The lowest BCUT2D eigenvalue weighted by molar-refractivity contribution is 0.408. The van der Waals surface area contributed by atoms with Gasteiger partial charge in [-0.3, -0.25) is 0 Å². The Bertz CT molecular complexity index is 343. The van der Waals surface area contributed by atoms with Gasteiger partial charge in [0.25, 0.3) is 0 Å². The van der Waals surface area contributed by atoms with Crippen LogP contribution in [0.1, 0.15) is 37.8 Å². The van der Waals surface area contributed by atoms with Gasteiger partial charge in [-0.1, -0.05) is 19.9 Å². The van der Waals surface area contributed by atoms with E-state index >= 15 is 0 Å². The maximum atomic E-state index is 5.43. The molecule has 90 valence electrons. The first-order valence-electron chi connectivity index (χ1n) is 6.04. The Labute approximate surface area is 99.0 Å². The quantitative estimate of drug-likeness (QED) is 0.814. The highest BCUT2D eigenvalue weighted by Gasteiger charge is 2.10. The molecule has 0 saturated heterocycles. The van der Waals surface area contributed by atoms with Crippen LogP contribution in [0.15, 0.2) is 12.1 Å². The van der Waals surface area contributed by atoms with Crippen LogP contribution in [-0.2, 0) is 0 Å². The van der Waals surface area contributed by atoms with Gasteiger partial charge in [-0.05, 0) is 38.3 Å². The maximum Gasteiger partial charge on any atom is 0.126 e. The molecule has 1 aromatic carbocycles. The van der Waals surface area contributed by atoms with Crippen LogP contribution in [0, 0.1) is 13.8 Å². The smallest absolute Gasteiger partial charge is 0.126 e. The van der Waals surface area contributed by atoms with Crippen molar-refractivity contribution in [3.63, 3.8) is 0 Å². The highest BCUT2D eigenvalue weighted by atomic mass is 16.5. The molecule has 0 aliphatic rings. The van der Waals surface area contributed by atoms with E-state index in [1.165, 1.54) is 16.8 Å². The second-order valence-corrected chi connectivity index (χ2v) is 4.25. The van der Waals surface area contributed by atoms with Gasteiger partial charge >= 0.3 is 0 Å². The number of ether oxygens (including phenoxy) is 1. The van der Waals surface area contributed by atoms with Gasteiger partial charge in [0.2, 0.25) is 0 Å². The van der Waals surface area contributed by atoms with E-state index < -0.39 is 0 Å². The van der Waals surface area contributed by atoms with Crippen molar-refractivity contribution in [1.82, 2.24) is 0 Å². The number of benzene rings is 1. The Kier molecular flexibility index (Phi) is 4.66. The molecular weight excluding hydrogens is 198 g/mol. The van der Waals surface area contributed by atoms with Gasteiger partial charge in [-0.2, -0.15) is 0 Å². The van der Waals surface area contributed by atoms with E-state index in [2.05, 4.69) is 45.1 Å². The van der Waals surface area contributed by atoms with E-state index in [-0.39, 0.29) is 0 Å². The van der Waals surface area contributed by atoms with Crippen molar-refractivity contribution in [2.75, 3.05) is 12.4 Å². The lowest BCUT2D eigenvalue weighted by Gasteiger charge is -2.20. The number of hydrogen-bond donors (Lipinski definition) is 1. The zero-order valence-corrected chi connectivity index (χ0v) is 11.1. The Morgan fingerprint density at radius 2 is 1.81 bits per heavy atom. The molecule has 0 atom stereocenters. The van der Waals surface area contributed by atoms with Gasteiger partial charge in [0.1, 0.15) is 5.75 Å². The van der Waals surface area contributed by atoms with Crippen LogP contribution in [-0.4, -0.2) is 13.2 Å². The van der Waals surface area contributed by atoms with Crippen LogP contribution in [0.3, 0.4) is 0 Å². The average Bonchev–Trinajstić information content (AvgIpc) is 2.29. The van der Waals surface area contributed by atoms with Crippen molar-refractivity contribution < 1.29 is 4.74 Å². The molecule has 0 amide bonds. The van der Waals surface area contributed by atoms with Gasteiger partial charge in [0.05, 0.1) is 7.11 Å². The fourth-order valence-corrected chi connectivity index (χ4v) is 2.01. The van der Waals surface area contributed by atoms with Crippen LogP contribution in [0.4, 0.5) is 5.69 Å². The van der Waals surface area contributed by atoms with Gasteiger partial charge in [-0.25, -0.2) is 0 Å². The Hall–Kier alpha value is -1.18. The average molecular weight is 221 g/mol. The summed E-state index contributed by atoms with van der Waals surface area (Å²) in [6.45, 7) is 8.60. The zero-order valence-electron chi connectivity index (χ0n) is 11.1. The summed E-state index contributed by atoms with van der Waals surface area (Å²) < 4.78 is 5.43. The predicted molar refractivity (Wildman–Crippen MR) is 70.5 cm³/mol. The van der Waals surface area contributed by atoms with Gasteiger partial charge in [-0.15, -0.1) is 0 Å². The van der Waals surface area contributed by atoms with Crippen molar-refractivity contribution in [2.45, 2.75) is 46.6 Å². The third-order valence-corrected chi connectivity index (χ3v) is 3.15. The molecule has 1 N–H and O–H groups in total. The van der Waals surface area contributed by atoms with Crippen molar-refractivity contribution in [3.05, 3.63) is 23.3 Å². The number of nitrogens with one attached hydrogen (secondary N) is 1. The molecule has 1 aromatic rings. The van der Waals surface area contributed by atoms with E-state index in [4.69, 9.17) is 4.74 Å². The molecule has 16 heavy (non-hydrogen) atoms. The largest absolute Gasteiger partial charge is 0.496 e. The van der Waals surface area contributed by atoms with Crippen LogP contribution in [0.2, 0.25) is 0 Å². The van der Waals surface area contributed by atoms with Crippen LogP contribution >= 0.6 is 0 Å². The maximum absolute atomic E-state index is 5.43. The lowest BCUT2D eigenvalue weighted by Crippen LogP contribution is -2.17. The fraction of sp³-hybridized carbons (Fsp3) is 0.571. The summed E-state index contributed by atoms with van der Waals surface area (Å²) in [5.74, 6) is 0.996. The third-order valence-electron chi connectivity index (χ3n) is 3.15. The first-order valence-corrected chi connectivity index (χ1v) is 6.04. The number of methoxy groups -OCH3 is 1. The van der Waals surface area contributed by atoms with Crippen LogP contribution in [0.5, 0.6) is 5.75 Å². The molecule has 0 saturated carbocycles. The molecule has 0 aliphatic heterocycles. The van der Waals surface area contributed by atoms with E-state index in [0.29, 0.717) is 6.04 Å². The molecular formula is C14H23NO. The molecule has 0 unspecified atom stereocenters. The molecule has 0 heterocycles. The minimum atomic E-state index is 0.547. The summed E-state index contributed by atoms with van der Waals surface area (Å²) in [5.41, 5.74) is 3.58. The van der Waals surface area contributed by atoms with Crippen LogP contribution in [0.25, 0.3) is 0 Å². The Morgan fingerprint density at radius 3 is 2.31 bits per heavy atom. The molecule has 2 heteroatoms. The van der Waals surface area contributed by atoms with Crippen molar-refractivity contribution in [1.29, 1.82) is 0 Å². The monoisotopic (exact) mass is 221 g/mol. The Morgan fingerprint density at radius 1 is 1.19 bits per heavy atom. The molecule has 0 bridgehead atoms. The van der Waals surface area contributed by atoms with Crippen molar-refractivity contribution in [2.24, 2.45) is 0 Å². The van der Waals surface area contributed by atoms with E-state index in [0.717, 1.165) is 18.6 Å². The first kappa shape index (κ1) is 12.9. The summed E-state index contributed by atoms with van der Waals surface area (Å²) in [5, 5.41) is 3.57. The van der Waals surface area contributed by atoms with Gasteiger partial charge < -0.3 is 10.1 Å². The normalized spacial score (nSPS) is 10.6. The zero-order chi connectivity index (χ0) is 12.1. The summed E-state index contributed by atoms with van der Waals surface area (Å²) in [6, 6.07) is 4.80. The molecule has 0 fully saturated rings. The number of anilines is 1. The van der Waals surface area contributed by atoms with Crippen molar-refractivity contribution >= 4 is 5.69 Å². The molecule has 0 spiro atoms. The van der Waals surface area contributed by atoms with Gasteiger partial charge in [0.15, 0.2) is 0 Å². The van der Waals surface area contributed by atoms with Gasteiger partial charge in [0, 0.05) is 17.3 Å². The van der Waals surface area contributed by atoms with E-state index in [1.807, 2.05) is 0 Å². The molecule has 0 radical (unpaired) electrons. The standard InChI is InChI=1S/C14H23NO/c1-6-12(7-2)15-13-9-8-10(3)14(16-5)11(13)4/h8-9,12,15H,6-7H2,1-5H3. The third kappa shape index (κ3) is 2.69. The van der Waals surface area contributed by atoms with Crippen molar-refractivity contribution in [3.8, 4) is 5.75 Å². The summed E-state index contributed by atoms with van der Waals surface area (Å²) in [6.07, 6.45) is 2.29. The summed E-state index contributed by atoms with van der Waals surface area (Å²) in [4.78, 5) is 0. The number of rotatable bonds is 5. The first-order chi connectivity index (χ1) is 7.63. The molecule has 0 aliphatic carbocycles. The highest BCUT2D eigenvalue weighted by Crippen LogP contribution is 2.29. The summed E-state index contributed by atoms with van der Waals surface area (Å²) in [7, 11) is 1.73. The number of hydrogen-bond acceptors (Lipinski definition) is 2. The van der Waals surface area contributed by atoms with E-state index in [1.54, 1.807) is 7.11 Å². The second kappa shape index (κ2) is 5.78. The minimum Gasteiger partial charge on any atom is -0.496 e. The highest BCUT2D eigenvalue weighted by molar-refractivity contribution is 5.60. The molecule has 0 aromatic heterocycles. The number of aryl methyl sites for hydroxylation is 1.